The monoisotopic (exact) mass is 312 g/mol. The number of piperidine rings is 1. The van der Waals surface area contributed by atoms with Crippen molar-refractivity contribution in [3.63, 3.8) is 0 Å². The minimum Gasteiger partial charge on any atom is -0.382 e. The third-order valence-corrected chi connectivity index (χ3v) is 4.38. The lowest BCUT2D eigenvalue weighted by Crippen LogP contribution is -2.40. The number of amides is 1. The quantitative estimate of drug-likeness (QED) is 0.871. The SMILES string of the molecule is CCOC1CCN(C(=O)c2sc(NC(C)C)nc2N)CC1. The Bertz CT molecular complexity index is 481. The average Bonchev–Trinajstić information content (AvgIpc) is 2.79. The van der Waals surface area contributed by atoms with Crippen LogP contribution in [0, 0.1) is 0 Å². The lowest BCUT2D eigenvalue weighted by molar-refractivity contribution is 0.0148. The van der Waals surface area contributed by atoms with E-state index in [1.807, 2.05) is 25.7 Å². The van der Waals surface area contributed by atoms with Crippen molar-refractivity contribution in [2.45, 2.75) is 45.8 Å². The molecule has 1 fully saturated rings. The number of carbonyl (C=O) groups excluding carboxylic acids is 1. The van der Waals surface area contributed by atoms with E-state index < -0.39 is 0 Å². The fourth-order valence-corrected chi connectivity index (χ4v) is 3.40. The van der Waals surface area contributed by atoms with Crippen molar-refractivity contribution < 1.29 is 9.53 Å². The van der Waals surface area contributed by atoms with Crippen LogP contribution in [0.1, 0.15) is 43.3 Å². The fourth-order valence-electron chi connectivity index (χ4n) is 2.40. The van der Waals surface area contributed by atoms with Gasteiger partial charge in [-0.3, -0.25) is 4.79 Å². The summed E-state index contributed by atoms with van der Waals surface area (Å²) in [4.78, 5) is 19.1. The molecule has 118 valence electrons. The van der Waals surface area contributed by atoms with Crippen molar-refractivity contribution in [3.05, 3.63) is 4.88 Å². The number of anilines is 2. The van der Waals surface area contributed by atoms with Crippen LogP contribution in [0.2, 0.25) is 0 Å². The van der Waals surface area contributed by atoms with Crippen molar-refractivity contribution in [1.29, 1.82) is 0 Å². The molecule has 6 nitrogen and oxygen atoms in total. The second kappa shape index (κ2) is 7.09. The highest BCUT2D eigenvalue weighted by molar-refractivity contribution is 7.18. The van der Waals surface area contributed by atoms with Crippen molar-refractivity contribution in [2.75, 3.05) is 30.7 Å². The molecule has 0 aromatic carbocycles. The van der Waals surface area contributed by atoms with Crippen molar-refractivity contribution in [1.82, 2.24) is 9.88 Å². The van der Waals surface area contributed by atoms with Gasteiger partial charge in [0.15, 0.2) is 5.13 Å². The molecule has 1 aliphatic rings. The molecule has 1 aromatic heterocycles. The predicted molar refractivity (Wildman–Crippen MR) is 85.8 cm³/mol. The standard InChI is InChI=1S/C14H24N4O2S/c1-4-20-10-5-7-18(8-6-10)13(19)11-12(15)17-14(21-11)16-9(2)3/h9-10H,4-8,15H2,1-3H3,(H,16,17). The number of nitrogens with one attached hydrogen (secondary N) is 1. The van der Waals surface area contributed by atoms with Gasteiger partial charge in [0, 0.05) is 25.7 Å². The summed E-state index contributed by atoms with van der Waals surface area (Å²) in [5, 5.41) is 3.89. The maximum absolute atomic E-state index is 12.5. The molecular formula is C14H24N4O2S. The predicted octanol–water partition coefficient (Wildman–Crippen LogP) is 2.19. The number of aromatic nitrogens is 1. The van der Waals surface area contributed by atoms with Crippen LogP contribution in [0.15, 0.2) is 0 Å². The number of hydrogen-bond donors (Lipinski definition) is 2. The maximum Gasteiger partial charge on any atom is 0.267 e. The van der Waals surface area contributed by atoms with Gasteiger partial charge in [0.05, 0.1) is 6.10 Å². The van der Waals surface area contributed by atoms with E-state index in [0.717, 1.165) is 19.4 Å². The Morgan fingerprint density at radius 3 is 2.76 bits per heavy atom. The van der Waals surface area contributed by atoms with Gasteiger partial charge in [-0.2, -0.15) is 0 Å². The van der Waals surface area contributed by atoms with Gasteiger partial charge >= 0.3 is 0 Å². The molecule has 1 aromatic rings. The fraction of sp³-hybridized carbons (Fsp3) is 0.714. The number of carbonyl (C=O) groups is 1. The summed E-state index contributed by atoms with van der Waals surface area (Å²) in [6.45, 7) is 8.21. The maximum atomic E-state index is 12.5. The van der Waals surface area contributed by atoms with Gasteiger partial charge in [0.2, 0.25) is 0 Å². The summed E-state index contributed by atoms with van der Waals surface area (Å²) in [6, 6.07) is 0.264. The molecule has 7 heteroatoms. The van der Waals surface area contributed by atoms with Gasteiger partial charge in [0.25, 0.3) is 5.91 Å². The summed E-state index contributed by atoms with van der Waals surface area (Å²) < 4.78 is 5.61. The van der Waals surface area contributed by atoms with Crippen LogP contribution in [0.5, 0.6) is 0 Å². The highest BCUT2D eigenvalue weighted by atomic mass is 32.1. The molecule has 2 rings (SSSR count). The smallest absolute Gasteiger partial charge is 0.267 e. The summed E-state index contributed by atoms with van der Waals surface area (Å²) in [7, 11) is 0. The molecule has 2 heterocycles. The third-order valence-electron chi connectivity index (χ3n) is 3.39. The van der Waals surface area contributed by atoms with E-state index in [4.69, 9.17) is 10.5 Å². The van der Waals surface area contributed by atoms with Crippen LogP contribution in [0.3, 0.4) is 0 Å². The molecule has 21 heavy (non-hydrogen) atoms. The molecule has 0 saturated carbocycles. The molecule has 0 atom stereocenters. The molecule has 0 radical (unpaired) electrons. The molecule has 0 aliphatic carbocycles. The van der Waals surface area contributed by atoms with E-state index in [-0.39, 0.29) is 18.1 Å². The van der Waals surface area contributed by atoms with Gasteiger partial charge in [-0.1, -0.05) is 11.3 Å². The van der Waals surface area contributed by atoms with Crippen LogP contribution in [0.4, 0.5) is 10.9 Å². The molecule has 1 amide bonds. The van der Waals surface area contributed by atoms with Gasteiger partial charge in [-0.15, -0.1) is 0 Å². The van der Waals surface area contributed by atoms with Gasteiger partial charge in [0.1, 0.15) is 10.7 Å². The van der Waals surface area contributed by atoms with E-state index in [1.54, 1.807) is 0 Å². The zero-order valence-electron chi connectivity index (χ0n) is 12.9. The molecule has 1 aliphatic heterocycles. The largest absolute Gasteiger partial charge is 0.382 e. The number of nitrogens with zero attached hydrogens (tertiary/aromatic N) is 2. The van der Waals surface area contributed by atoms with Crippen LogP contribution in [0.25, 0.3) is 0 Å². The van der Waals surface area contributed by atoms with E-state index >= 15 is 0 Å². The number of nitrogens with two attached hydrogens (primary N) is 1. The Hall–Kier alpha value is -1.34. The van der Waals surface area contributed by atoms with Crippen molar-refractivity contribution >= 4 is 28.2 Å². The average molecular weight is 312 g/mol. The van der Waals surface area contributed by atoms with Crippen LogP contribution in [-0.4, -0.2) is 47.6 Å². The first kappa shape index (κ1) is 16.0. The van der Waals surface area contributed by atoms with Crippen LogP contribution < -0.4 is 11.1 Å². The Morgan fingerprint density at radius 1 is 1.52 bits per heavy atom. The molecule has 0 unspecified atom stereocenters. The minimum atomic E-state index is -0.0169. The highest BCUT2D eigenvalue weighted by Crippen LogP contribution is 2.28. The van der Waals surface area contributed by atoms with Gasteiger partial charge < -0.3 is 20.7 Å². The van der Waals surface area contributed by atoms with Crippen molar-refractivity contribution in [2.24, 2.45) is 0 Å². The molecule has 3 N–H and O–H groups in total. The number of rotatable bonds is 5. The molecule has 0 bridgehead atoms. The zero-order valence-corrected chi connectivity index (χ0v) is 13.7. The summed E-state index contributed by atoms with van der Waals surface area (Å²) in [5.41, 5.74) is 5.89. The number of thiazole rings is 1. The van der Waals surface area contributed by atoms with E-state index in [0.29, 0.717) is 28.9 Å². The minimum absolute atomic E-state index is 0.0169. The van der Waals surface area contributed by atoms with E-state index in [9.17, 15) is 4.79 Å². The first-order valence-electron chi connectivity index (χ1n) is 7.45. The van der Waals surface area contributed by atoms with Gasteiger partial charge in [-0.05, 0) is 33.6 Å². The first-order chi connectivity index (χ1) is 10.0. The summed E-state index contributed by atoms with van der Waals surface area (Å²) in [5.74, 6) is 0.303. The molecule has 0 spiro atoms. The first-order valence-corrected chi connectivity index (χ1v) is 8.26. The number of ether oxygens (including phenoxy) is 1. The Kier molecular flexibility index (Phi) is 5.41. The topological polar surface area (TPSA) is 80.5 Å². The van der Waals surface area contributed by atoms with Crippen LogP contribution in [-0.2, 0) is 4.74 Å². The zero-order chi connectivity index (χ0) is 15.4. The number of likely N-dealkylation sites (tertiary alicyclic amines) is 1. The summed E-state index contributed by atoms with van der Waals surface area (Å²) in [6.07, 6.45) is 2.04. The Balaban J connectivity index is 1.99. The number of hydrogen-bond acceptors (Lipinski definition) is 6. The lowest BCUT2D eigenvalue weighted by Gasteiger charge is -2.31. The molecule has 1 saturated heterocycles. The van der Waals surface area contributed by atoms with E-state index in [2.05, 4.69) is 10.3 Å². The third kappa shape index (κ3) is 4.07. The van der Waals surface area contributed by atoms with Crippen LogP contribution >= 0.6 is 11.3 Å². The Morgan fingerprint density at radius 2 is 2.19 bits per heavy atom. The lowest BCUT2D eigenvalue weighted by atomic mass is 10.1. The molecular weight excluding hydrogens is 288 g/mol. The second-order valence-corrected chi connectivity index (χ2v) is 6.48. The van der Waals surface area contributed by atoms with Crippen molar-refractivity contribution in [3.8, 4) is 0 Å². The number of nitrogen functional groups attached to an aromatic ring is 1. The Labute approximate surface area is 129 Å². The highest BCUT2D eigenvalue weighted by Gasteiger charge is 2.27. The normalized spacial score (nSPS) is 16.5. The van der Waals surface area contributed by atoms with E-state index in [1.165, 1.54) is 11.3 Å². The van der Waals surface area contributed by atoms with Gasteiger partial charge in [-0.25, -0.2) is 4.98 Å². The second-order valence-electron chi connectivity index (χ2n) is 5.48. The summed E-state index contributed by atoms with van der Waals surface area (Å²) >= 11 is 1.33.